The van der Waals surface area contributed by atoms with E-state index in [0.29, 0.717) is 93.9 Å². The first kappa shape index (κ1) is 82.4. The van der Waals surface area contributed by atoms with Gasteiger partial charge >= 0.3 is 0 Å². The Bertz CT molecular complexity index is 6030. The first-order chi connectivity index (χ1) is 55.7. The van der Waals surface area contributed by atoms with Gasteiger partial charge in [0, 0.05) is 92.2 Å². The van der Waals surface area contributed by atoms with Gasteiger partial charge in [-0.05, 0) is 165 Å². The second-order valence-electron chi connectivity index (χ2n) is 29.7. The number of rotatable bonds is 24. The van der Waals surface area contributed by atoms with E-state index in [1.165, 1.54) is 22.8 Å². The lowest BCUT2D eigenvalue weighted by atomic mass is 9.99. The maximum absolute atomic E-state index is 14.3. The van der Waals surface area contributed by atoms with Crippen molar-refractivity contribution in [3.63, 3.8) is 0 Å². The average molecular weight is 1670 g/mol. The predicted molar refractivity (Wildman–Crippen MR) is 453 cm³/mol. The third-order valence-electron chi connectivity index (χ3n) is 20.2. The summed E-state index contributed by atoms with van der Waals surface area (Å²) in [5.74, 6) is 0.427. The van der Waals surface area contributed by atoms with Crippen LogP contribution >= 0.6 is 39.1 Å². The van der Waals surface area contributed by atoms with Gasteiger partial charge in [0.25, 0.3) is 34.4 Å². The molecular weight excluding hydrogens is 1580 g/mol. The fourth-order valence-electron chi connectivity index (χ4n) is 14.7. The van der Waals surface area contributed by atoms with Crippen LogP contribution in [0.5, 0.6) is 0 Å². The van der Waals surface area contributed by atoms with Gasteiger partial charge in [-0.15, -0.1) is 0 Å². The van der Waals surface area contributed by atoms with Gasteiger partial charge < -0.3 is 54.0 Å². The van der Waals surface area contributed by atoms with Crippen LogP contribution < -0.4 is 33.9 Å². The molecule has 6 N–H and O–H groups in total. The molecule has 15 aromatic rings. The first-order valence-electron chi connectivity index (χ1n) is 38.1. The molecule has 0 fully saturated rings. The number of carbonyl (C=O) groups is 3. The highest BCUT2D eigenvalue weighted by molar-refractivity contribution is 9.10. The summed E-state index contributed by atoms with van der Waals surface area (Å²) in [5.41, 5.74) is 26.0. The number of aromatic nitrogens is 6. The van der Waals surface area contributed by atoms with Crippen LogP contribution in [0.15, 0.2) is 230 Å². The van der Waals surface area contributed by atoms with Crippen LogP contribution in [0.25, 0.3) is 66.2 Å². The monoisotopic (exact) mass is 1670 g/mol. The first-order valence-corrected chi connectivity index (χ1v) is 39.7. The molecule has 7 aromatic carbocycles. The van der Waals surface area contributed by atoms with Crippen molar-refractivity contribution < 1.29 is 40.9 Å². The minimum Gasteiger partial charge on any atom is -0.472 e. The number of aryl methyl sites for hydroxylation is 3. The molecule has 0 spiro atoms. The minimum absolute atomic E-state index is 0.0390. The summed E-state index contributed by atoms with van der Waals surface area (Å²) in [6, 6.07) is 47.8. The third kappa shape index (κ3) is 17.3. The van der Waals surface area contributed by atoms with E-state index in [1.54, 1.807) is 134 Å². The molecule has 15 rings (SSSR count). The van der Waals surface area contributed by atoms with Crippen LogP contribution in [-0.2, 0) is 19.6 Å². The quantitative estimate of drug-likeness (QED) is 0.0506. The molecule has 0 aliphatic carbocycles. The zero-order valence-electron chi connectivity index (χ0n) is 65.5. The van der Waals surface area contributed by atoms with Gasteiger partial charge in [-0.1, -0.05) is 146 Å². The lowest BCUT2D eigenvalue weighted by Crippen LogP contribution is -2.43. The lowest BCUT2D eigenvalue weighted by molar-refractivity contribution is 0.0606. The highest BCUT2D eigenvalue weighted by Gasteiger charge is 2.38. The molecule has 0 saturated heterocycles. The van der Waals surface area contributed by atoms with Gasteiger partial charge in [0.15, 0.2) is 0 Å². The maximum Gasteiger partial charge on any atom is 0.297 e. The highest BCUT2D eigenvalue weighted by atomic mass is 79.9. The number of fused-ring (bicyclic) bond motifs is 9. The average Bonchev–Trinajstić information content (AvgIpc) is 1.55. The number of nitrogens with zero attached hydrogens (tertiary/aromatic N) is 9. The Morgan fingerprint density at radius 2 is 0.836 bits per heavy atom. The summed E-state index contributed by atoms with van der Waals surface area (Å²) >= 11 is 16.1. The molecule has 0 aliphatic rings. The summed E-state index contributed by atoms with van der Waals surface area (Å²) in [5, 5.41) is 2.68. The fraction of sp³-hybridized carbons (Fsp3) is 0.270. The van der Waals surface area contributed by atoms with Crippen molar-refractivity contribution in [2.45, 2.75) is 100 Å². The van der Waals surface area contributed by atoms with Crippen molar-refractivity contribution in [3.8, 4) is 0 Å². The number of carbonyl (C=O) groups excluding carboxylic acids is 3. The third-order valence-corrected chi connectivity index (χ3v) is 21.2. The van der Waals surface area contributed by atoms with Gasteiger partial charge in [0.2, 0.25) is 16.7 Å². The minimum atomic E-state index is -0.611. The van der Waals surface area contributed by atoms with Crippen LogP contribution in [0.3, 0.4) is 0 Å². The summed E-state index contributed by atoms with van der Waals surface area (Å²) in [6.07, 6.45) is 4.69. The molecule has 27 heteroatoms. The molecule has 3 atom stereocenters. The van der Waals surface area contributed by atoms with Crippen LogP contribution in [0.4, 0.5) is 4.39 Å². The summed E-state index contributed by atoms with van der Waals surface area (Å²) in [4.78, 5) is 104. The van der Waals surface area contributed by atoms with Crippen molar-refractivity contribution in [2.75, 3.05) is 39.3 Å². The Hall–Kier alpha value is -11.6. The Labute approximate surface area is 685 Å². The van der Waals surface area contributed by atoms with Crippen molar-refractivity contribution in [2.24, 2.45) is 35.0 Å². The standard InChI is InChI=1S/C31H30BrFN4O3.2C29H29ClN4O4/c1-18(2)27(36(14-13-34)30(38)21-9-7-19(3)8-10-21)29-35-26-24-16-23(33)11-12-25(24)40-28(26)31(39)37(29)17-20-5-4-6-22(32)15-20;1-17(2)25(33(12-11-31)28(35)20-6-4-18(3)5-7-20)27-32-24-22-14-21(30)8-9-23(22)38-26(24)29(36)34(27)15-19-10-13-37-16-19;1-17(2)25(33(13-12-31)28(35)19-8-6-18(3)7-9-19)27-32-24-22-15-20(30)10-11-23(22)38-26(24)29(36)34(27)16-21-5-4-14-37-21/h4-12,15-16,18,27H,13-14,17,34H2,1-3H3;4-10,13-14,16-17,25H,11-12,15,31H2,1-3H3;4-11,14-15,17,25H,12-13,16,31H2,1-3H3. The van der Waals surface area contributed by atoms with Crippen molar-refractivity contribution in [3.05, 3.63) is 308 Å². The van der Waals surface area contributed by atoms with Gasteiger partial charge in [0.05, 0.1) is 56.5 Å². The molecular formula is C89H88BrCl2FN12O11. The highest BCUT2D eigenvalue weighted by Crippen LogP contribution is 2.38. The molecule has 8 aromatic heterocycles. The van der Waals surface area contributed by atoms with Gasteiger partial charge in [-0.2, -0.15) is 0 Å². The number of nitrogens with two attached hydrogens (primary N) is 3. The van der Waals surface area contributed by atoms with E-state index in [-0.39, 0.29) is 128 Å². The smallest absolute Gasteiger partial charge is 0.297 e. The topological polar surface area (TPSA) is 309 Å². The summed E-state index contributed by atoms with van der Waals surface area (Å²) in [6.45, 7) is 19.9. The molecule has 0 bridgehead atoms. The molecule has 23 nitrogen and oxygen atoms in total. The van der Waals surface area contributed by atoms with E-state index < -0.39 is 29.5 Å². The predicted octanol–water partition coefficient (Wildman–Crippen LogP) is 17.3. The number of furan rings is 5. The molecule has 8 heterocycles. The van der Waals surface area contributed by atoms with E-state index in [4.69, 9.17) is 77.4 Å². The fourth-order valence-corrected chi connectivity index (χ4v) is 15.5. The Morgan fingerprint density at radius 3 is 1.19 bits per heavy atom. The van der Waals surface area contributed by atoms with Crippen LogP contribution in [0, 0.1) is 44.3 Å². The second-order valence-corrected chi connectivity index (χ2v) is 31.5. The molecule has 598 valence electrons. The molecule has 0 radical (unpaired) electrons. The van der Waals surface area contributed by atoms with E-state index in [2.05, 4.69) is 15.9 Å². The number of benzene rings is 7. The number of hydrogen-bond acceptors (Lipinski definition) is 17. The van der Waals surface area contributed by atoms with Crippen molar-refractivity contribution >= 4 is 123 Å². The Kier molecular flexibility index (Phi) is 25.3. The number of halogens is 4. The van der Waals surface area contributed by atoms with E-state index in [1.807, 2.05) is 123 Å². The molecule has 116 heavy (non-hydrogen) atoms. The van der Waals surface area contributed by atoms with E-state index in [0.717, 1.165) is 32.3 Å². The SMILES string of the molecule is Cc1ccc(C(=O)N(CCN)C(c2nc3c(oc4ccc(Cl)cc43)c(=O)n2Cc2ccco2)C(C)C)cc1.Cc1ccc(C(=O)N(CCN)C(c2nc3c(oc4ccc(Cl)cc43)c(=O)n2Cc2ccoc2)C(C)C)cc1.Cc1ccc(C(=O)N(CCN)C(c2nc3c(oc4ccc(F)cc43)c(=O)n2Cc2cccc(Br)c2)C(C)C)cc1. The van der Waals surface area contributed by atoms with E-state index >= 15 is 0 Å². The Morgan fingerprint density at radius 1 is 0.457 bits per heavy atom. The van der Waals surface area contributed by atoms with Gasteiger partial charge in [-0.25, -0.2) is 19.3 Å². The van der Waals surface area contributed by atoms with Crippen LogP contribution in [0.1, 0.15) is 142 Å². The van der Waals surface area contributed by atoms with Crippen molar-refractivity contribution in [1.29, 1.82) is 0 Å². The number of hydrogen-bond donors (Lipinski definition) is 3. The molecule has 3 unspecified atom stereocenters. The lowest BCUT2D eigenvalue weighted by Gasteiger charge is -2.35. The zero-order chi connectivity index (χ0) is 82.5. The van der Waals surface area contributed by atoms with E-state index in [9.17, 15) is 33.2 Å². The van der Waals surface area contributed by atoms with Crippen molar-refractivity contribution in [1.82, 2.24) is 43.4 Å². The summed E-state index contributed by atoms with van der Waals surface area (Å²) < 4.78 is 48.4. The zero-order valence-corrected chi connectivity index (χ0v) is 68.6. The molecule has 0 saturated carbocycles. The Balaban J connectivity index is 0.000000151. The molecule has 0 aliphatic heterocycles. The maximum atomic E-state index is 14.3. The van der Waals surface area contributed by atoms with Gasteiger partial charge in [0.1, 0.15) is 62.3 Å². The van der Waals surface area contributed by atoms with Crippen LogP contribution in [0.2, 0.25) is 10.0 Å². The molecule has 3 amide bonds. The second kappa shape index (κ2) is 35.7. The summed E-state index contributed by atoms with van der Waals surface area (Å²) in [7, 11) is 0. The number of amides is 3. The normalized spacial score (nSPS) is 12.4. The van der Waals surface area contributed by atoms with Gasteiger partial charge in [-0.3, -0.25) is 42.5 Å². The van der Waals surface area contributed by atoms with Crippen LogP contribution in [-0.4, -0.2) is 100 Å². The largest absolute Gasteiger partial charge is 0.472 e.